The number of piperidine rings is 1. The van der Waals surface area contributed by atoms with Gasteiger partial charge in [0.25, 0.3) is 0 Å². The van der Waals surface area contributed by atoms with Crippen molar-refractivity contribution in [3.8, 4) is 0 Å². The van der Waals surface area contributed by atoms with Gasteiger partial charge in [0, 0.05) is 24.7 Å². The third-order valence-electron chi connectivity index (χ3n) is 4.26. The summed E-state index contributed by atoms with van der Waals surface area (Å²) in [6.45, 7) is 6.93. The van der Waals surface area contributed by atoms with Gasteiger partial charge in [0.15, 0.2) is 0 Å². The van der Waals surface area contributed by atoms with E-state index >= 15 is 0 Å². The summed E-state index contributed by atoms with van der Waals surface area (Å²) in [5, 5.41) is 0. The van der Waals surface area contributed by atoms with Gasteiger partial charge in [-0.25, -0.2) is 4.39 Å². The second-order valence-corrected chi connectivity index (χ2v) is 5.73. The quantitative estimate of drug-likeness (QED) is 0.906. The highest BCUT2D eigenvalue weighted by Crippen LogP contribution is 2.23. The van der Waals surface area contributed by atoms with Crippen molar-refractivity contribution in [1.82, 2.24) is 4.90 Å². The van der Waals surface area contributed by atoms with Crippen LogP contribution in [-0.2, 0) is 13.0 Å². The van der Waals surface area contributed by atoms with Crippen LogP contribution in [0.15, 0.2) is 18.2 Å². The predicted octanol–water partition coefficient (Wildman–Crippen LogP) is 2.95. The standard InChI is InChI=1S/C16H25FN2/c1-3-13-6-4-8-16(17)15(13)11-19-9-5-7-14(10-19)12(2)18/h4,6,8,12,14H,3,5,7,9-11,18H2,1-2H3. The van der Waals surface area contributed by atoms with Crippen LogP contribution in [0.3, 0.4) is 0 Å². The molecule has 1 aromatic carbocycles. The van der Waals surface area contributed by atoms with Gasteiger partial charge < -0.3 is 5.73 Å². The molecule has 3 heteroatoms. The van der Waals surface area contributed by atoms with Crippen LogP contribution in [0, 0.1) is 11.7 Å². The van der Waals surface area contributed by atoms with E-state index in [1.165, 1.54) is 12.8 Å². The summed E-state index contributed by atoms with van der Waals surface area (Å²) < 4.78 is 14.0. The molecular formula is C16H25FN2. The number of likely N-dealkylation sites (tertiary alicyclic amines) is 1. The molecule has 0 saturated carbocycles. The Hall–Kier alpha value is -0.930. The largest absolute Gasteiger partial charge is 0.328 e. The van der Waals surface area contributed by atoms with Crippen LogP contribution < -0.4 is 5.73 Å². The van der Waals surface area contributed by atoms with Crippen LogP contribution in [0.25, 0.3) is 0 Å². The van der Waals surface area contributed by atoms with Crippen molar-refractivity contribution in [3.63, 3.8) is 0 Å². The summed E-state index contributed by atoms with van der Waals surface area (Å²) in [5.74, 6) is 0.480. The topological polar surface area (TPSA) is 29.3 Å². The molecule has 2 nitrogen and oxygen atoms in total. The zero-order valence-electron chi connectivity index (χ0n) is 12.0. The Labute approximate surface area is 115 Å². The minimum atomic E-state index is -0.0673. The summed E-state index contributed by atoms with van der Waals surface area (Å²) in [4.78, 5) is 2.36. The lowest BCUT2D eigenvalue weighted by atomic mass is 9.91. The first-order valence-corrected chi connectivity index (χ1v) is 7.36. The van der Waals surface area contributed by atoms with Gasteiger partial charge in [-0.2, -0.15) is 0 Å². The maximum atomic E-state index is 14.0. The fraction of sp³-hybridized carbons (Fsp3) is 0.625. The van der Waals surface area contributed by atoms with Crippen LogP contribution >= 0.6 is 0 Å². The molecule has 0 aliphatic carbocycles. The molecule has 106 valence electrons. The maximum absolute atomic E-state index is 14.0. The number of hydrogen-bond donors (Lipinski definition) is 1. The van der Waals surface area contributed by atoms with Gasteiger partial charge in [-0.3, -0.25) is 4.90 Å². The van der Waals surface area contributed by atoms with Crippen molar-refractivity contribution in [1.29, 1.82) is 0 Å². The van der Waals surface area contributed by atoms with E-state index in [4.69, 9.17) is 5.73 Å². The summed E-state index contributed by atoms with van der Waals surface area (Å²) >= 11 is 0. The molecular weight excluding hydrogens is 239 g/mol. The second-order valence-electron chi connectivity index (χ2n) is 5.73. The summed E-state index contributed by atoms with van der Waals surface area (Å²) in [6.07, 6.45) is 3.26. The Morgan fingerprint density at radius 2 is 2.26 bits per heavy atom. The highest BCUT2D eigenvalue weighted by molar-refractivity contribution is 5.28. The molecule has 1 aliphatic heterocycles. The first-order valence-electron chi connectivity index (χ1n) is 7.36. The van der Waals surface area contributed by atoms with Crippen molar-refractivity contribution in [2.45, 2.75) is 45.7 Å². The lowest BCUT2D eigenvalue weighted by Crippen LogP contribution is -2.42. The van der Waals surface area contributed by atoms with Gasteiger partial charge in [0.1, 0.15) is 5.82 Å². The number of nitrogens with two attached hydrogens (primary N) is 1. The molecule has 0 bridgehead atoms. The second kappa shape index (κ2) is 6.49. The first-order chi connectivity index (χ1) is 9.11. The Bertz CT molecular complexity index is 417. The zero-order chi connectivity index (χ0) is 13.8. The average molecular weight is 264 g/mol. The number of rotatable bonds is 4. The van der Waals surface area contributed by atoms with Crippen molar-refractivity contribution < 1.29 is 4.39 Å². The Morgan fingerprint density at radius 1 is 1.47 bits per heavy atom. The van der Waals surface area contributed by atoms with Crippen molar-refractivity contribution >= 4 is 0 Å². The molecule has 1 fully saturated rings. The van der Waals surface area contributed by atoms with E-state index in [1.54, 1.807) is 12.1 Å². The molecule has 19 heavy (non-hydrogen) atoms. The van der Waals surface area contributed by atoms with Crippen molar-refractivity contribution in [2.24, 2.45) is 11.7 Å². The minimum Gasteiger partial charge on any atom is -0.328 e. The number of aryl methyl sites for hydroxylation is 1. The average Bonchev–Trinajstić information content (AvgIpc) is 2.41. The molecule has 0 aromatic heterocycles. The molecule has 2 rings (SSSR count). The number of hydrogen-bond acceptors (Lipinski definition) is 2. The Balaban J connectivity index is 2.08. The van der Waals surface area contributed by atoms with Gasteiger partial charge in [-0.15, -0.1) is 0 Å². The number of benzene rings is 1. The Kier molecular flexibility index (Phi) is 4.94. The van der Waals surface area contributed by atoms with Crippen molar-refractivity contribution in [2.75, 3.05) is 13.1 Å². The molecule has 2 unspecified atom stereocenters. The van der Waals surface area contributed by atoms with Crippen LogP contribution in [0.1, 0.15) is 37.8 Å². The molecule has 1 heterocycles. The Morgan fingerprint density at radius 3 is 2.95 bits per heavy atom. The molecule has 0 radical (unpaired) electrons. The molecule has 2 N–H and O–H groups in total. The van der Waals surface area contributed by atoms with E-state index in [0.717, 1.165) is 37.2 Å². The fourth-order valence-corrected chi connectivity index (χ4v) is 3.00. The van der Waals surface area contributed by atoms with Crippen LogP contribution in [0.2, 0.25) is 0 Å². The maximum Gasteiger partial charge on any atom is 0.127 e. The monoisotopic (exact) mass is 264 g/mol. The lowest BCUT2D eigenvalue weighted by Gasteiger charge is -2.35. The zero-order valence-corrected chi connectivity index (χ0v) is 12.0. The minimum absolute atomic E-state index is 0.0673. The number of halogens is 1. The van der Waals surface area contributed by atoms with E-state index in [1.807, 2.05) is 6.07 Å². The van der Waals surface area contributed by atoms with E-state index in [9.17, 15) is 4.39 Å². The SMILES string of the molecule is CCc1cccc(F)c1CN1CCCC(C(C)N)C1. The van der Waals surface area contributed by atoms with E-state index in [0.29, 0.717) is 5.92 Å². The van der Waals surface area contributed by atoms with Gasteiger partial charge in [0.05, 0.1) is 0 Å². The molecule has 0 amide bonds. The van der Waals surface area contributed by atoms with Crippen LogP contribution in [0.5, 0.6) is 0 Å². The van der Waals surface area contributed by atoms with Crippen LogP contribution in [0.4, 0.5) is 4.39 Å². The molecule has 1 aromatic rings. The van der Waals surface area contributed by atoms with E-state index < -0.39 is 0 Å². The fourth-order valence-electron chi connectivity index (χ4n) is 3.00. The number of nitrogens with zero attached hydrogens (tertiary/aromatic N) is 1. The predicted molar refractivity (Wildman–Crippen MR) is 77.4 cm³/mol. The highest BCUT2D eigenvalue weighted by Gasteiger charge is 2.23. The van der Waals surface area contributed by atoms with Crippen LogP contribution in [-0.4, -0.2) is 24.0 Å². The lowest BCUT2D eigenvalue weighted by molar-refractivity contribution is 0.152. The summed E-state index contributed by atoms with van der Waals surface area (Å²) in [5.41, 5.74) is 8.01. The molecule has 1 aliphatic rings. The third-order valence-corrected chi connectivity index (χ3v) is 4.26. The van der Waals surface area contributed by atoms with Gasteiger partial charge in [-0.05, 0) is 50.3 Å². The first kappa shape index (κ1) is 14.5. The normalized spacial score (nSPS) is 22.4. The van der Waals surface area contributed by atoms with E-state index in [2.05, 4.69) is 18.7 Å². The molecule has 1 saturated heterocycles. The van der Waals surface area contributed by atoms with Gasteiger partial charge in [0.2, 0.25) is 0 Å². The third kappa shape index (κ3) is 3.54. The highest BCUT2D eigenvalue weighted by atomic mass is 19.1. The molecule has 0 spiro atoms. The van der Waals surface area contributed by atoms with Crippen molar-refractivity contribution in [3.05, 3.63) is 35.1 Å². The van der Waals surface area contributed by atoms with E-state index in [-0.39, 0.29) is 11.9 Å². The smallest absolute Gasteiger partial charge is 0.127 e. The summed E-state index contributed by atoms with van der Waals surface area (Å²) in [6, 6.07) is 5.64. The van der Waals surface area contributed by atoms with Gasteiger partial charge >= 0.3 is 0 Å². The summed E-state index contributed by atoms with van der Waals surface area (Å²) in [7, 11) is 0. The van der Waals surface area contributed by atoms with Gasteiger partial charge in [-0.1, -0.05) is 19.1 Å². The molecule has 2 atom stereocenters.